The SMILES string of the molecule is Cc1c(N)cc(Br)cc1S(=O)(=O)N(C)c1ccccc1F. The maximum Gasteiger partial charge on any atom is 0.264 e. The van der Waals surface area contributed by atoms with E-state index in [9.17, 15) is 12.8 Å². The molecule has 0 fully saturated rings. The minimum atomic E-state index is -3.91. The van der Waals surface area contributed by atoms with Crippen molar-refractivity contribution >= 4 is 37.3 Å². The fraction of sp³-hybridized carbons (Fsp3) is 0.143. The molecule has 2 rings (SSSR count). The summed E-state index contributed by atoms with van der Waals surface area (Å²) in [5.74, 6) is -0.607. The lowest BCUT2D eigenvalue weighted by atomic mass is 10.2. The molecule has 0 aliphatic carbocycles. The highest BCUT2D eigenvalue weighted by atomic mass is 79.9. The number of nitrogens with two attached hydrogens (primary N) is 1. The topological polar surface area (TPSA) is 63.4 Å². The van der Waals surface area contributed by atoms with Crippen LogP contribution in [-0.2, 0) is 10.0 Å². The molecule has 0 atom stereocenters. The Hall–Kier alpha value is -1.60. The van der Waals surface area contributed by atoms with Gasteiger partial charge in [-0.25, -0.2) is 12.8 Å². The predicted octanol–water partition coefficient (Wildman–Crippen LogP) is 3.30. The molecule has 0 saturated heterocycles. The molecule has 4 nitrogen and oxygen atoms in total. The fourth-order valence-corrected chi connectivity index (χ4v) is 4.04. The Morgan fingerprint density at radius 1 is 1.24 bits per heavy atom. The number of para-hydroxylation sites is 1. The molecule has 112 valence electrons. The number of anilines is 2. The summed E-state index contributed by atoms with van der Waals surface area (Å²) in [6, 6.07) is 8.77. The lowest BCUT2D eigenvalue weighted by Gasteiger charge is -2.21. The normalized spacial score (nSPS) is 11.4. The number of rotatable bonds is 3. The van der Waals surface area contributed by atoms with Crippen LogP contribution >= 0.6 is 15.9 Å². The van der Waals surface area contributed by atoms with E-state index in [1.807, 2.05) is 0 Å². The lowest BCUT2D eigenvalue weighted by Crippen LogP contribution is -2.28. The second kappa shape index (κ2) is 5.65. The Bertz CT molecular complexity index is 794. The van der Waals surface area contributed by atoms with E-state index in [0.717, 1.165) is 4.31 Å². The van der Waals surface area contributed by atoms with Crippen LogP contribution in [-0.4, -0.2) is 15.5 Å². The molecule has 0 unspecified atom stereocenters. The first-order chi connectivity index (χ1) is 9.75. The van der Waals surface area contributed by atoms with Crippen LogP contribution in [0.3, 0.4) is 0 Å². The third kappa shape index (κ3) is 2.89. The molecule has 0 bridgehead atoms. The summed E-state index contributed by atoms with van der Waals surface area (Å²) in [6.45, 7) is 1.61. The van der Waals surface area contributed by atoms with Gasteiger partial charge in [0.1, 0.15) is 5.82 Å². The molecular weight excluding hydrogens is 359 g/mol. The summed E-state index contributed by atoms with van der Waals surface area (Å²) in [7, 11) is -2.60. The Morgan fingerprint density at radius 2 is 1.86 bits per heavy atom. The van der Waals surface area contributed by atoms with Gasteiger partial charge in [-0.2, -0.15) is 0 Å². The average molecular weight is 373 g/mol. The average Bonchev–Trinajstić information content (AvgIpc) is 2.42. The summed E-state index contributed by atoms with van der Waals surface area (Å²) in [5.41, 5.74) is 6.57. The molecule has 0 aromatic heterocycles. The standard InChI is InChI=1S/C14H14BrFN2O2S/c1-9-12(17)7-10(15)8-14(9)21(19,20)18(2)13-6-4-3-5-11(13)16/h3-8H,17H2,1-2H3. The molecule has 21 heavy (non-hydrogen) atoms. The molecule has 2 aromatic rings. The molecule has 2 N–H and O–H groups in total. The van der Waals surface area contributed by atoms with Gasteiger partial charge < -0.3 is 5.73 Å². The zero-order valence-corrected chi connectivity index (χ0v) is 13.9. The van der Waals surface area contributed by atoms with E-state index in [4.69, 9.17) is 5.73 Å². The number of hydrogen-bond donors (Lipinski definition) is 1. The van der Waals surface area contributed by atoms with Gasteiger partial charge >= 0.3 is 0 Å². The van der Waals surface area contributed by atoms with Crippen LogP contribution < -0.4 is 10.0 Å². The first kappa shape index (κ1) is 15.8. The minimum Gasteiger partial charge on any atom is -0.398 e. The van der Waals surface area contributed by atoms with Crippen molar-refractivity contribution in [3.63, 3.8) is 0 Å². The zero-order valence-electron chi connectivity index (χ0n) is 11.5. The predicted molar refractivity (Wildman–Crippen MR) is 85.3 cm³/mol. The summed E-state index contributed by atoms with van der Waals surface area (Å²) < 4.78 is 40.7. The second-order valence-electron chi connectivity index (χ2n) is 4.54. The van der Waals surface area contributed by atoms with Crippen molar-refractivity contribution in [1.82, 2.24) is 0 Å². The smallest absolute Gasteiger partial charge is 0.264 e. The second-order valence-corrected chi connectivity index (χ2v) is 7.40. The third-order valence-corrected chi connectivity index (χ3v) is 5.55. The molecule has 7 heteroatoms. The molecule has 0 aliphatic heterocycles. The maximum absolute atomic E-state index is 13.8. The van der Waals surface area contributed by atoms with Crippen molar-refractivity contribution in [2.45, 2.75) is 11.8 Å². The summed E-state index contributed by atoms with van der Waals surface area (Å²) in [6.07, 6.45) is 0. The van der Waals surface area contributed by atoms with E-state index in [2.05, 4.69) is 15.9 Å². The van der Waals surface area contributed by atoms with E-state index in [1.54, 1.807) is 19.1 Å². The van der Waals surface area contributed by atoms with Crippen LogP contribution in [0.2, 0.25) is 0 Å². The monoisotopic (exact) mass is 372 g/mol. The zero-order chi connectivity index (χ0) is 15.8. The Labute approximate surface area is 131 Å². The third-order valence-electron chi connectivity index (χ3n) is 3.20. The van der Waals surface area contributed by atoms with Crippen LogP contribution in [0.4, 0.5) is 15.8 Å². The van der Waals surface area contributed by atoms with E-state index >= 15 is 0 Å². The van der Waals surface area contributed by atoms with Gasteiger partial charge in [0.25, 0.3) is 10.0 Å². The van der Waals surface area contributed by atoms with Gasteiger partial charge in [0.2, 0.25) is 0 Å². The van der Waals surface area contributed by atoms with Crippen LogP contribution in [0.1, 0.15) is 5.56 Å². The largest absolute Gasteiger partial charge is 0.398 e. The number of nitrogen functional groups attached to an aromatic ring is 1. The number of hydrogen-bond acceptors (Lipinski definition) is 3. The molecule has 0 heterocycles. The molecule has 0 spiro atoms. The number of halogens is 2. The van der Waals surface area contributed by atoms with Gasteiger partial charge in [-0.3, -0.25) is 4.31 Å². The highest BCUT2D eigenvalue weighted by molar-refractivity contribution is 9.10. The first-order valence-electron chi connectivity index (χ1n) is 6.04. The van der Waals surface area contributed by atoms with Crippen molar-refractivity contribution in [1.29, 1.82) is 0 Å². The van der Waals surface area contributed by atoms with Gasteiger partial charge in [0, 0.05) is 17.2 Å². The summed E-state index contributed by atoms with van der Waals surface area (Å²) in [4.78, 5) is 0.0418. The number of benzene rings is 2. The number of nitrogens with zero attached hydrogens (tertiary/aromatic N) is 1. The molecule has 0 radical (unpaired) electrons. The fourth-order valence-electron chi connectivity index (χ4n) is 1.93. The van der Waals surface area contributed by atoms with E-state index < -0.39 is 15.8 Å². The van der Waals surface area contributed by atoms with Crippen molar-refractivity contribution in [3.8, 4) is 0 Å². The molecule has 0 amide bonds. The van der Waals surface area contributed by atoms with Crippen molar-refractivity contribution in [2.24, 2.45) is 0 Å². The Kier molecular flexibility index (Phi) is 4.25. The van der Waals surface area contributed by atoms with E-state index in [-0.39, 0.29) is 10.6 Å². The van der Waals surface area contributed by atoms with Gasteiger partial charge in [0.15, 0.2) is 0 Å². The van der Waals surface area contributed by atoms with Crippen molar-refractivity contribution in [2.75, 3.05) is 17.1 Å². The minimum absolute atomic E-state index is 0.0181. The van der Waals surface area contributed by atoms with Crippen molar-refractivity contribution < 1.29 is 12.8 Å². The quantitative estimate of drug-likeness (QED) is 0.840. The lowest BCUT2D eigenvalue weighted by molar-refractivity contribution is 0.589. The summed E-state index contributed by atoms with van der Waals surface area (Å²) in [5, 5.41) is 0. The first-order valence-corrected chi connectivity index (χ1v) is 8.27. The molecule has 0 saturated carbocycles. The van der Waals surface area contributed by atoms with Gasteiger partial charge in [-0.1, -0.05) is 28.1 Å². The molecule has 2 aromatic carbocycles. The van der Waals surface area contributed by atoms with Crippen molar-refractivity contribution in [3.05, 3.63) is 52.3 Å². The summed E-state index contributed by atoms with van der Waals surface area (Å²) >= 11 is 3.22. The van der Waals surface area contributed by atoms with E-state index in [1.165, 1.54) is 31.3 Å². The van der Waals surface area contributed by atoms with Crippen LogP contribution in [0, 0.1) is 12.7 Å². The highest BCUT2D eigenvalue weighted by Gasteiger charge is 2.26. The van der Waals surface area contributed by atoms with Crippen LogP contribution in [0.15, 0.2) is 45.8 Å². The van der Waals surface area contributed by atoms with Crippen LogP contribution in [0.5, 0.6) is 0 Å². The Balaban J connectivity index is 2.60. The van der Waals surface area contributed by atoms with Gasteiger partial charge in [-0.05, 0) is 36.8 Å². The highest BCUT2D eigenvalue weighted by Crippen LogP contribution is 2.31. The molecular formula is C14H14BrFN2O2S. The van der Waals surface area contributed by atoms with Crippen LogP contribution in [0.25, 0.3) is 0 Å². The maximum atomic E-state index is 13.8. The Morgan fingerprint density at radius 3 is 2.48 bits per heavy atom. The van der Waals surface area contributed by atoms with E-state index in [0.29, 0.717) is 15.7 Å². The number of sulfonamides is 1. The molecule has 0 aliphatic rings. The van der Waals surface area contributed by atoms with Gasteiger partial charge in [-0.15, -0.1) is 0 Å². The van der Waals surface area contributed by atoms with Gasteiger partial charge in [0.05, 0.1) is 10.6 Å².